The first kappa shape index (κ1) is 17.9. The van der Waals surface area contributed by atoms with Gasteiger partial charge in [-0.25, -0.2) is 0 Å². The maximum absolute atomic E-state index is 5.33. The van der Waals surface area contributed by atoms with E-state index in [-0.39, 0.29) is 5.41 Å². The van der Waals surface area contributed by atoms with Crippen LogP contribution in [0.5, 0.6) is 5.75 Å². The third-order valence-electron chi connectivity index (χ3n) is 4.02. The van der Waals surface area contributed by atoms with Crippen LogP contribution in [0.25, 0.3) is 0 Å². The van der Waals surface area contributed by atoms with E-state index in [1.165, 1.54) is 5.56 Å². The van der Waals surface area contributed by atoms with Crippen LogP contribution in [0.2, 0.25) is 0 Å². The summed E-state index contributed by atoms with van der Waals surface area (Å²) in [6, 6.07) is 12.1. The molecule has 130 valence electrons. The van der Waals surface area contributed by atoms with Crippen molar-refractivity contribution in [1.29, 1.82) is 0 Å². The van der Waals surface area contributed by atoms with Gasteiger partial charge in [-0.05, 0) is 29.8 Å². The van der Waals surface area contributed by atoms with Crippen molar-refractivity contribution < 1.29 is 9.15 Å². The molecule has 0 fully saturated rings. The highest BCUT2D eigenvalue weighted by atomic mass is 16.5. The zero-order chi connectivity index (χ0) is 17.4. The second-order valence-electron chi connectivity index (χ2n) is 6.30. The highest BCUT2D eigenvalue weighted by Gasteiger charge is 2.21. The number of methoxy groups -OCH3 is 1. The number of nitrogens with one attached hydrogen (secondary N) is 2. The van der Waals surface area contributed by atoms with Crippen LogP contribution in [0.4, 0.5) is 0 Å². The van der Waals surface area contributed by atoms with Crippen molar-refractivity contribution >= 4 is 5.96 Å². The summed E-state index contributed by atoms with van der Waals surface area (Å²) in [6.45, 7) is 5.93. The fraction of sp³-hybridized carbons (Fsp3) is 0.421. The maximum atomic E-state index is 5.33. The van der Waals surface area contributed by atoms with Gasteiger partial charge in [0.1, 0.15) is 11.5 Å². The van der Waals surface area contributed by atoms with Crippen LogP contribution in [-0.2, 0) is 11.8 Å². The van der Waals surface area contributed by atoms with E-state index >= 15 is 0 Å². The first-order chi connectivity index (χ1) is 11.5. The van der Waals surface area contributed by atoms with Gasteiger partial charge in [-0.1, -0.05) is 26.0 Å². The molecule has 2 aromatic rings. The summed E-state index contributed by atoms with van der Waals surface area (Å²) in [5.74, 6) is 2.63. The third-order valence-corrected chi connectivity index (χ3v) is 4.02. The lowest BCUT2D eigenvalue weighted by atomic mass is 9.84. The second-order valence-corrected chi connectivity index (χ2v) is 6.30. The molecule has 5 nitrogen and oxygen atoms in total. The number of ether oxygens (including phenoxy) is 1. The van der Waals surface area contributed by atoms with Crippen molar-refractivity contribution in [3.05, 3.63) is 54.0 Å². The standard InChI is InChI=1S/C19H27N3O2/c1-19(2,15-7-5-8-17(13-15)23-4)14-22-18(20-3)21-11-10-16-9-6-12-24-16/h5-9,12-13H,10-11,14H2,1-4H3,(H2,20,21,22). The average molecular weight is 329 g/mol. The number of nitrogens with zero attached hydrogens (tertiary/aromatic N) is 1. The molecule has 1 heterocycles. The molecule has 1 aromatic heterocycles. The van der Waals surface area contributed by atoms with E-state index in [1.807, 2.05) is 24.3 Å². The third kappa shape index (κ3) is 5.05. The van der Waals surface area contributed by atoms with Gasteiger partial charge in [0, 0.05) is 32.0 Å². The smallest absolute Gasteiger partial charge is 0.191 e. The lowest BCUT2D eigenvalue weighted by Crippen LogP contribution is -2.44. The minimum Gasteiger partial charge on any atom is -0.497 e. The minimum absolute atomic E-state index is 0.0484. The van der Waals surface area contributed by atoms with Gasteiger partial charge in [-0.2, -0.15) is 0 Å². The maximum Gasteiger partial charge on any atom is 0.191 e. The fourth-order valence-electron chi connectivity index (χ4n) is 2.43. The number of hydrogen-bond donors (Lipinski definition) is 2. The summed E-state index contributed by atoms with van der Waals surface area (Å²) in [5, 5.41) is 6.70. The fourth-order valence-corrected chi connectivity index (χ4v) is 2.43. The van der Waals surface area contributed by atoms with Gasteiger partial charge in [0.25, 0.3) is 0 Å². The molecule has 0 radical (unpaired) electrons. The Morgan fingerprint density at radius 1 is 1.21 bits per heavy atom. The SMILES string of the molecule is CN=C(NCCc1ccco1)NCC(C)(C)c1cccc(OC)c1. The van der Waals surface area contributed by atoms with E-state index in [9.17, 15) is 0 Å². The monoisotopic (exact) mass is 329 g/mol. The zero-order valence-electron chi connectivity index (χ0n) is 14.9. The van der Waals surface area contributed by atoms with Gasteiger partial charge in [-0.15, -0.1) is 0 Å². The molecule has 0 saturated carbocycles. The van der Waals surface area contributed by atoms with Gasteiger partial charge in [0.2, 0.25) is 0 Å². The largest absolute Gasteiger partial charge is 0.497 e. The molecule has 0 saturated heterocycles. The quantitative estimate of drug-likeness (QED) is 0.606. The summed E-state index contributed by atoms with van der Waals surface area (Å²) in [5.41, 5.74) is 1.17. The Hall–Kier alpha value is -2.43. The number of furan rings is 1. The summed E-state index contributed by atoms with van der Waals surface area (Å²) >= 11 is 0. The van der Waals surface area contributed by atoms with Crippen molar-refractivity contribution in [3.63, 3.8) is 0 Å². The van der Waals surface area contributed by atoms with Gasteiger partial charge in [0.05, 0.1) is 13.4 Å². The number of aliphatic imine (C=N–C) groups is 1. The van der Waals surface area contributed by atoms with Crippen LogP contribution in [0.3, 0.4) is 0 Å². The zero-order valence-corrected chi connectivity index (χ0v) is 14.9. The van der Waals surface area contributed by atoms with Gasteiger partial charge in [0.15, 0.2) is 5.96 Å². The number of benzene rings is 1. The van der Waals surface area contributed by atoms with Gasteiger partial charge >= 0.3 is 0 Å². The first-order valence-corrected chi connectivity index (χ1v) is 8.16. The molecule has 2 N–H and O–H groups in total. The van der Waals surface area contributed by atoms with E-state index < -0.39 is 0 Å². The molecule has 0 aliphatic carbocycles. The predicted octanol–water partition coefficient (Wildman–Crippen LogP) is 2.97. The van der Waals surface area contributed by atoms with E-state index in [2.05, 4.69) is 41.6 Å². The molecule has 0 unspecified atom stereocenters. The Bertz CT molecular complexity index is 648. The van der Waals surface area contributed by atoms with Crippen LogP contribution in [0.15, 0.2) is 52.1 Å². The van der Waals surface area contributed by atoms with Crippen molar-refractivity contribution in [3.8, 4) is 5.75 Å². The van der Waals surface area contributed by atoms with Crippen LogP contribution in [0.1, 0.15) is 25.2 Å². The Morgan fingerprint density at radius 3 is 2.71 bits per heavy atom. The molecule has 0 aliphatic rings. The molecular formula is C19H27N3O2. The molecule has 0 spiro atoms. The van der Waals surface area contributed by atoms with E-state index in [4.69, 9.17) is 9.15 Å². The molecule has 1 aromatic carbocycles. The summed E-state index contributed by atoms with van der Waals surface area (Å²) in [7, 11) is 3.47. The Balaban J connectivity index is 1.86. The molecule has 0 atom stereocenters. The average Bonchev–Trinajstić information content (AvgIpc) is 3.11. The second kappa shape index (κ2) is 8.43. The van der Waals surface area contributed by atoms with Crippen molar-refractivity contribution in [2.24, 2.45) is 4.99 Å². The molecule has 0 aliphatic heterocycles. The minimum atomic E-state index is -0.0484. The predicted molar refractivity (Wildman–Crippen MR) is 97.8 cm³/mol. The molecule has 5 heteroatoms. The highest BCUT2D eigenvalue weighted by Crippen LogP contribution is 2.25. The normalized spacial score (nSPS) is 12.1. The van der Waals surface area contributed by atoms with Crippen molar-refractivity contribution in [2.75, 3.05) is 27.2 Å². The molecule has 24 heavy (non-hydrogen) atoms. The lowest BCUT2D eigenvalue weighted by molar-refractivity contribution is 0.411. The summed E-state index contributed by atoms with van der Waals surface area (Å²) in [4.78, 5) is 4.28. The number of guanidine groups is 1. The van der Waals surface area contributed by atoms with E-state index in [0.29, 0.717) is 0 Å². The van der Waals surface area contributed by atoms with Crippen LogP contribution < -0.4 is 15.4 Å². The number of rotatable bonds is 7. The first-order valence-electron chi connectivity index (χ1n) is 8.16. The topological polar surface area (TPSA) is 58.8 Å². The Morgan fingerprint density at radius 2 is 2.04 bits per heavy atom. The molecule has 0 bridgehead atoms. The number of hydrogen-bond acceptors (Lipinski definition) is 3. The Kier molecular flexibility index (Phi) is 6.29. The van der Waals surface area contributed by atoms with Gasteiger partial charge < -0.3 is 19.8 Å². The Labute approximate surface area is 144 Å². The van der Waals surface area contributed by atoms with Crippen molar-refractivity contribution in [2.45, 2.75) is 25.7 Å². The summed E-state index contributed by atoms with van der Waals surface area (Å²) < 4.78 is 10.7. The molecule has 0 amide bonds. The summed E-state index contributed by atoms with van der Waals surface area (Å²) in [6.07, 6.45) is 2.52. The highest BCUT2D eigenvalue weighted by molar-refractivity contribution is 5.79. The van der Waals surface area contributed by atoms with E-state index in [0.717, 1.165) is 37.0 Å². The van der Waals surface area contributed by atoms with Crippen LogP contribution >= 0.6 is 0 Å². The van der Waals surface area contributed by atoms with Gasteiger partial charge in [-0.3, -0.25) is 4.99 Å². The van der Waals surface area contributed by atoms with E-state index in [1.54, 1.807) is 20.4 Å². The molecule has 2 rings (SSSR count). The van der Waals surface area contributed by atoms with Crippen LogP contribution in [-0.4, -0.2) is 33.2 Å². The lowest BCUT2D eigenvalue weighted by Gasteiger charge is -2.27. The van der Waals surface area contributed by atoms with Crippen LogP contribution in [0, 0.1) is 0 Å². The van der Waals surface area contributed by atoms with Crippen molar-refractivity contribution in [1.82, 2.24) is 10.6 Å². The molecular weight excluding hydrogens is 302 g/mol.